The lowest BCUT2D eigenvalue weighted by molar-refractivity contribution is 0.0695. The zero-order valence-corrected chi connectivity index (χ0v) is 9.16. The molecule has 1 rings (SSSR count). The van der Waals surface area contributed by atoms with Crippen LogP contribution in [0.2, 0.25) is 0 Å². The van der Waals surface area contributed by atoms with Crippen LogP contribution >= 0.6 is 0 Å². The third-order valence-electron chi connectivity index (χ3n) is 2.33. The maximum atomic E-state index is 11.6. The number of rotatable bonds is 4. The van der Waals surface area contributed by atoms with Gasteiger partial charge in [-0.3, -0.25) is 9.59 Å². The summed E-state index contributed by atoms with van der Waals surface area (Å²) in [7, 11) is 0. The quantitative estimate of drug-likeness (QED) is 0.751. The van der Waals surface area contributed by atoms with Gasteiger partial charge in [-0.15, -0.1) is 0 Å². The second-order valence-corrected chi connectivity index (χ2v) is 3.34. The number of pyridine rings is 1. The van der Waals surface area contributed by atoms with Gasteiger partial charge in [0, 0.05) is 17.7 Å². The van der Waals surface area contributed by atoms with E-state index in [2.05, 4.69) is 4.98 Å². The van der Waals surface area contributed by atoms with Crippen molar-refractivity contribution >= 4 is 11.8 Å². The molecule has 5 nitrogen and oxygen atoms in total. The van der Waals surface area contributed by atoms with Crippen LogP contribution in [0.15, 0.2) is 10.9 Å². The molecule has 1 aromatic rings. The highest BCUT2D eigenvalue weighted by Crippen LogP contribution is 2.10. The summed E-state index contributed by atoms with van der Waals surface area (Å²) in [5.41, 5.74) is -0.283. The molecule has 2 N–H and O–H groups in total. The summed E-state index contributed by atoms with van der Waals surface area (Å²) in [6, 6.07) is 1.16. The topological polar surface area (TPSA) is 87.2 Å². The zero-order chi connectivity index (χ0) is 12.3. The second-order valence-electron chi connectivity index (χ2n) is 3.34. The van der Waals surface area contributed by atoms with Gasteiger partial charge < -0.3 is 10.1 Å². The van der Waals surface area contributed by atoms with Crippen LogP contribution in [0.3, 0.4) is 0 Å². The summed E-state index contributed by atoms with van der Waals surface area (Å²) >= 11 is 0. The molecule has 0 amide bonds. The molecule has 5 heteroatoms. The minimum Gasteiger partial charge on any atom is -0.477 e. The molecule has 0 aromatic carbocycles. The van der Waals surface area contributed by atoms with Gasteiger partial charge >= 0.3 is 5.97 Å². The minimum atomic E-state index is -1.32. The van der Waals surface area contributed by atoms with Gasteiger partial charge in [0.15, 0.2) is 5.78 Å². The fourth-order valence-corrected chi connectivity index (χ4v) is 1.45. The number of carboxylic acid groups (broad SMARTS) is 1. The molecular formula is C11H13NO4. The van der Waals surface area contributed by atoms with Crippen molar-refractivity contribution in [3.8, 4) is 0 Å². The molecule has 1 heterocycles. The van der Waals surface area contributed by atoms with Gasteiger partial charge in [0.2, 0.25) is 0 Å². The summed E-state index contributed by atoms with van der Waals surface area (Å²) in [6.45, 7) is 3.48. The van der Waals surface area contributed by atoms with E-state index in [-0.39, 0.29) is 12.2 Å². The highest BCUT2D eigenvalue weighted by Gasteiger charge is 2.16. The Labute approximate surface area is 92.1 Å². The van der Waals surface area contributed by atoms with E-state index >= 15 is 0 Å². The van der Waals surface area contributed by atoms with E-state index in [4.69, 9.17) is 5.11 Å². The normalized spacial score (nSPS) is 10.1. The van der Waals surface area contributed by atoms with E-state index in [0.717, 1.165) is 6.07 Å². The van der Waals surface area contributed by atoms with Crippen LogP contribution in [-0.4, -0.2) is 21.8 Å². The molecule has 16 heavy (non-hydrogen) atoms. The molecule has 0 saturated carbocycles. The summed E-state index contributed by atoms with van der Waals surface area (Å²) in [4.78, 5) is 36.1. The van der Waals surface area contributed by atoms with Crippen LogP contribution in [0.25, 0.3) is 0 Å². The van der Waals surface area contributed by atoms with E-state index < -0.39 is 17.1 Å². The number of carbonyl (C=O) groups excluding carboxylic acids is 1. The Bertz CT molecular complexity index is 487. The molecule has 0 aliphatic carbocycles. The lowest BCUT2D eigenvalue weighted by atomic mass is 10.0. The summed E-state index contributed by atoms with van der Waals surface area (Å²) in [5, 5.41) is 8.78. The van der Waals surface area contributed by atoms with E-state index in [1.54, 1.807) is 13.8 Å². The summed E-state index contributed by atoms with van der Waals surface area (Å²) in [6.07, 6.45) is 0.758. The molecule has 0 atom stereocenters. The van der Waals surface area contributed by atoms with Gasteiger partial charge in [-0.05, 0) is 12.5 Å². The second kappa shape index (κ2) is 4.74. The number of aromatic amines is 1. The summed E-state index contributed by atoms with van der Waals surface area (Å²) < 4.78 is 0. The van der Waals surface area contributed by atoms with Crippen molar-refractivity contribution in [3.63, 3.8) is 0 Å². The van der Waals surface area contributed by atoms with Gasteiger partial charge in [0.25, 0.3) is 5.56 Å². The number of Topliss-reactive ketones (excluding diaryl/α,β-unsaturated/α-hetero) is 1. The third-order valence-corrected chi connectivity index (χ3v) is 2.33. The summed E-state index contributed by atoms with van der Waals surface area (Å²) in [5.74, 6) is -1.50. The van der Waals surface area contributed by atoms with Gasteiger partial charge in [0.05, 0.1) is 0 Å². The average molecular weight is 223 g/mol. The SMILES string of the molecule is CCC(=O)c1cc(C(=O)O)c(=O)[nH]c1CC. The maximum absolute atomic E-state index is 11.6. The number of nitrogens with one attached hydrogen (secondary N) is 1. The lowest BCUT2D eigenvalue weighted by Gasteiger charge is -2.06. The number of carbonyl (C=O) groups is 2. The highest BCUT2D eigenvalue weighted by atomic mass is 16.4. The first kappa shape index (κ1) is 12.2. The van der Waals surface area contributed by atoms with Crippen molar-refractivity contribution < 1.29 is 14.7 Å². The van der Waals surface area contributed by atoms with Gasteiger partial charge in [0.1, 0.15) is 5.56 Å². The first-order valence-corrected chi connectivity index (χ1v) is 5.03. The van der Waals surface area contributed by atoms with E-state index in [9.17, 15) is 14.4 Å². The smallest absolute Gasteiger partial charge is 0.341 e. The molecule has 0 radical (unpaired) electrons. The van der Waals surface area contributed by atoms with Gasteiger partial charge in [-0.25, -0.2) is 4.79 Å². The molecule has 0 bridgehead atoms. The van der Waals surface area contributed by atoms with Crippen molar-refractivity contribution in [2.75, 3.05) is 0 Å². The Balaban J connectivity index is 3.46. The maximum Gasteiger partial charge on any atom is 0.341 e. The third kappa shape index (κ3) is 2.18. The van der Waals surface area contributed by atoms with Crippen LogP contribution in [0.1, 0.15) is 46.7 Å². The molecule has 86 valence electrons. The Morgan fingerprint density at radius 3 is 2.38 bits per heavy atom. The predicted molar refractivity (Wildman–Crippen MR) is 58.0 cm³/mol. The number of aromatic carboxylic acids is 1. The highest BCUT2D eigenvalue weighted by molar-refractivity contribution is 5.99. The Morgan fingerprint density at radius 2 is 1.94 bits per heavy atom. The standard InChI is InChI=1S/C11H13NO4/c1-3-8-6(9(13)4-2)5-7(11(15)16)10(14)12-8/h5H,3-4H2,1-2H3,(H,12,14)(H,15,16). The van der Waals surface area contributed by atoms with Crippen LogP contribution < -0.4 is 5.56 Å². The molecule has 0 spiro atoms. The van der Waals surface area contributed by atoms with Crippen LogP contribution in [0.5, 0.6) is 0 Å². The molecule has 0 unspecified atom stereocenters. The number of aromatic nitrogens is 1. The molecule has 0 aliphatic rings. The number of hydrogen-bond donors (Lipinski definition) is 2. The van der Waals surface area contributed by atoms with Crippen LogP contribution in [0.4, 0.5) is 0 Å². The Morgan fingerprint density at radius 1 is 1.31 bits per heavy atom. The predicted octanol–water partition coefficient (Wildman–Crippen LogP) is 1.23. The van der Waals surface area contributed by atoms with Crippen molar-refractivity contribution in [3.05, 3.63) is 33.2 Å². The van der Waals surface area contributed by atoms with E-state index in [1.807, 2.05) is 0 Å². The van der Waals surface area contributed by atoms with Crippen molar-refractivity contribution in [2.45, 2.75) is 26.7 Å². The Hall–Kier alpha value is -1.91. The molecule has 0 aliphatic heterocycles. The van der Waals surface area contributed by atoms with Crippen LogP contribution in [-0.2, 0) is 6.42 Å². The number of ketones is 1. The monoisotopic (exact) mass is 223 g/mol. The fourth-order valence-electron chi connectivity index (χ4n) is 1.45. The lowest BCUT2D eigenvalue weighted by Crippen LogP contribution is -2.21. The minimum absolute atomic E-state index is 0.171. The number of aryl methyl sites for hydroxylation is 1. The zero-order valence-electron chi connectivity index (χ0n) is 9.16. The van der Waals surface area contributed by atoms with E-state index in [1.165, 1.54) is 0 Å². The Kier molecular flexibility index (Phi) is 3.60. The molecular weight excluding hydrogens is 210 g/mol. The van der Waals surface area contributed by atoms with Crippen molar-refractivity contribution in [1.29, 1.82) is 0 Å². The first-order valence-electron chi connectivity index (χ1n) is 5.03. The van der Waals surface area contributed by atoms with Crippen LogP contribution in [0, 0.1) is 0 Å². The number of hydrogen-bond acceptors (Lipinski definition) is 3. The molecule has 0 saturated heterocycles. The molecule has 1 aromatic heterocycles. The number of carboxylic acids is 1. The first-order chi connectivity index (χ1) is 7.51. The van der Waals surface area contributed by atoms with Gasteiger partial charge in [-0.1, -0.05) is 13.8 Å². The molecule has 0 fully saturated rings. The average Bonchev–Trinajstić information content (AvgIpc) is 2.27. The number of H-pyrrole nitrogens is 1. The van der Waals surface area contributed by atoms with E-state index in [0.29, 0.717) is 17.7 Å². The van der Waals surface area contributed by atoms with Gasteiger partial charge in [-0.2, -0.15) is 0 Å². The van der Waals surface area contributed by atoms with Crippen molar-refractivity contribution in [1.82, 2.24) is 4.98 Å². The van der Waals surface area contributed by atoms with Crippen molar-refractivity contribution in [2.24, 2.45) is 0 Å². The fraction of sp³-hybridized carbons (Fsp3) is 0.364. The largest absolute Gasteiger partial charge is 0.477 e.